The molecule has 0 aliphatic heterocycles. The lowest BCUT2D eigenvalue weighted by molar-refractivity contribution is 0.612. The van der Waals surface area contributed by atoms with Crippen molar-refractivity contribution >= 4 is 10.9 Å². The van der Waals surface area contributed by atoms with Gasteiger partial charge < -0.3 is 4.98 Å². The molecule has 2 nitrogen and oxygen atoms in total. The lowest BCUT2D eigenvalue weighted by Gasteiger charge is -2.00. The second-order valence-corrected chi connectivity index (χ2v) is 2.98. The Hall–Kier alpha value is -1.64. The van der Waals surface area contributed by atoms with Crippen LogP contribution in [0.15, 0.2) is 29.1 Å². The number of aromatic nitrogens is 1. The number of fused-ring (bicyclic) bond motifs is 1. The van der Waals surface area contributed by atoms with Crippen LogP contribution in [0.3, 0.4) is 0 Å². The van der Waals surface area contributed by atoms with Crippen LogP contribution in [0.2, 0.25) is 0 Å². The molecule has 1 N–H and O–H groups in total. The van der Waals surface area contributed by atoms with Gasteiger partial charge in [0.1, 0.15) is 0 Å². The lowest BCUT2D eigenvalue weighted by atomic mass is 10.1. The molecule has 1 aromatic carbocycles. The van der Waals surface area contributed by atoms with Crippen LogP contribution in [0.1, 0.15) is 5.56 Å². The minimum absolute atomic E-state index is 0.668. The first-order valence-corrected chi connectivity index (χ1v) is 3.96. The maximum Gasteiger partial charge on any atom is 0.284 e. The molecule has 0 spiro atoms. The quantitative estimate of drug-likeness (QED) is 0.655. The summed E-state index contributed by atoms with van der Waals surface area (Å²) in [5.74, 6) is -0.734. The van der Waals surface area contributed by atoms with E-state index >= 15 is 0 Å². The van der Waals surface area contributed by atoms with Crippen molar-refractivity contribution in [2.24, 2.45) is 0 Å². The van der Waals surface area contributed by atoms with Crippen LogP contribution in [-0.4, -0.2) is 4.98 Å². The van der Waals surface area contributed by atoms with Gasteiger partial charge in [-0.05, 0) is 24.6 Å². The summed E-state index contributed by atoms with van der Waals surface area (Å²) < 4.78 is 12.9. The van der Waals surface area contributed by atoms with Crippen LogP contribution in [-0.2, 0) is 0 Å². The van der Waals surface area contributed by atoms with Gasteiger partial charge in [0.2, 0.25) is 0 Å². The van der Waals surface area contributed by atoms with Crippen molar-refractivity contribution in [1.29, 1.82) is 0 Å². The number of benzene rings is 1. The van der Waals surface area contributed by atoms with Crippen molar-refractivity contribution in [3.8, 4) is 0 Å². The minimum atomic E-state index is -0.734. The average Bonchev–Trinajstić information content (AvgIpc) is 2.09. The zero-order chi connectivity index (χ0) is 9.42. The van der Waals surface area contributed by atoms with Gasteiger partial charge in [0.05, 0.1) is 0 Å². The molecule has 0 bridgehead atoms. The number of hydrogen-bond donors (Lipinski definition) is 1. The summed E-state index contributed by atoms with van der Waals surface area (Å²) in [7, 11) is 0. The number of H-pyrrole nitrogens is 1. The maximum absolute atomic E-state index is 12.9. The summed E-state index contributed by atoms with van der Waals surface area (Å²) in [6.45, 7) is 1.88. The first kappa shape index (κ1) is 7.98. The highest BCUT2D eigenvalue weighted by Crippen LogP contribution is 2.14. The van der Waals surface area contributed by atoms with Crippen LogP contribution in [0.5, 0.6) is 0 Å². The molecule has 1 heterocycles. The van der Waals surface area contributed by atoms with Crippen LogP contribution >= 0.6 is 0 Å². The predicted octanol–water partition coefficient (Wildman–Crippen LogP) is 1.98. The molecular weight excluding hydrogens is 169 g/mol. The van der Waals surface area contributed by atoms with Crippen molar-refractivity contribution < 1.29 is 4.39 Å². The molecule has 0 saturated heterocycles. The second kappa shape index (κ2) is 2.69. The van der Waals surface area contributed by atoms with E-state index in [1.165, 1.54) is 6.07 Å². The van der Waals surface area contributed by atoms with Gasteiger partial charge in [0.25, 0.3) is 5.56 Å². The predicted molar refractivity (Wildman–Crippen MR) is 49.3 cm³/mol. The Kier molecular flexibility index (Phi) is 1.65. The third kappa shape index (κ3) is 1.22. The third-order valence-electron chi connectivity index (χ3n) is 2.06. The van der Waals surface area contributed by atoms with E-state index in [-0.39, 0.29) is 0 Å². The van der Waals surface area contributed by atoms with Gasteiger partial charge in [-0.1, -0.05) is 12.1 Å². The summed E-state index contributed by atoms with van der Waals surface area (Å²) in [5.41, 5.74) is 0.956. The number of pyridine rings is 1. The topological polar surface area (TPSA) is 32.9 Å². The molecule has 1 aromatic heterocycles. The fourth-order valence-corrected chi connectivity index (χ4v) is 1.36. The molecule has 0 aliphatic carbocycles. The third-order valence-corrected chi connectivity index (χ3v) is 2.06. The highest BCUT2D eigenvalue weighted by Gasteiger charge is 2.02. The molecule has 66 valence electrons. The fourth-order valence-electron chi connectivity index (χ4n) is 1.36. The monoisotopic (exact) mass is 177 g/mol. The van der Waals surface area contributed by atoms with Crippen LogP contribution in [0.25, 0.3) is 10.9 Å². The maximum atomic E-state index is 12.9. The van der Waals surface area contributed by atoms with E-state index in [1.54, 1.807) is 6.07 Å². The molecule has 0 radical (unpaired) electrons. The van der Waals surface area contributed by atoms with Gasteiger partial charge >= 0.3 is 0 Å². The molecule has 0 amide bonds. The number of halogens is 1. The van der Waals surface area contributed by atoms with Crippen LogP contribution in [0.4, 0.5) is 4.39 Å². The Morgan fingerprint density at radius 3 is 2.92 bits per heavy atom. The molecule has 0 fully saturated rings. The number of aromatic amines is 1. The molecule has 2 rings (SSSR count). The van der Waals surface area contributed by atoms with Gasteiger partial charge in [-0.3, -0.25) is 4.79 Å². The highest BCUT2D eigenvalue weighted by molar-refractivity contribution is 5.81. The molecule has 0 aliphatic rings. The molecule has 0 atom stereocenters. The van der Waals surface area contributed by atoms with Crippen molar-refractivity contribution in [1.82, 2.24) is 4.98 Å². The molecule has 0 saturated carbocycles. The molecule has 3 heteroatoms. The summed E-state index contributed by atoms with van der Waals surface area (Å²) >= 11 is 0. The van der Waals surface area contributed by atoms with Crippen molar-refractivity contribution in [2.75, 3.05) is 0 Å². The van der Waals surface area contributed by atoms with E-state index in [2.05, 4.69) is 4.98 Å². The second-order valence-electron chi connectivity index (χ2n) is 2.98. The smallest absolute Gasteiger partial charge is 0.284 e. The fraction of sp³-hybridized carbons (Fsp3) is 0.100. The summed E-state index contributed by atoms with van der Waals surface area (Å²) in [6, 6.07) is 6.72. The molecule has 13 heavy (non-hydrogen) atoms. The highest BCUT2D eigenvalue weighted by atomic mass is 19.1. The van der Waals surface area contributed by atoms with E-state index in [0.717, 1.165) is 10.9 Å². The van der Waals surface area contributed by atoms with E-state index in [1.807, 2.05) is 19.1 Å². The van der Waals surface area contributed by atoms with Gasteiger partial charge in [-0.2, -0.15) is 0 Å². The zero-order valence-electron chi connectivity index (χ0n) is 7.10. The Morgan fingerprint density at radius 1 is 1.38 bits per heavy atom. The molecule has 2 aromatic rings. The van der Waals surface area contributed by atoms with Gasteiger partial charge in [-0.25, -0.2) is 4.39 Å². The standard InChI is InChI=1S/C10H8FNO/c1-6-3-2-4-9-7(6)5-8(11)10(13)12-9/h2-5H,1H3,(H,12,13). The van der Waals surface area contributed by atoms with Gasteiger partial charge in [0, 0.05) is 10.9 Å². The van der Waals surface area contributed by atoms with E-state index < -0.39 is 11.4 Å². The first-order valence-electron chi connectivity index (χ1n) is 3.96. The Bertz CT molecular complexity index is 516. The number of hydrogen-bond acceptors (Lipinski definition) is 1. The van der Waals surface area contributed by atoms with Gasteiger partial charge in [-0.15, -0.1) is 0 Å². The zero-order valence-corrected chi connectivity index (χ0v) is 7.10. The largest absolute Gasteiger partial charge is 0.319 e. The Morgan fingerprint density at radius 2 is 2.15 bits per heavy atom. The lowest BCUT2D eigenvalue weighted by Crippen LogP contribution is -2.09. The van der Waals surface area contributed by atoms with Crippen LogP contribution < -0.4 is 5.56 Å². The summed E-state index contributed by atoms with van der Waals surface area (Å²) in [6.07, 6.45) is 0. The number of aryl methyl sites for hydroxylation is 1. The Labute approximate surface area is 74.0 Å². The summed E-state index contributed by atoms with van der Waals surface area (Å²) in [5, 5.41) is 0.750. The number of nitrogens with one attached hydrogen (secondary N) is 1. The molecule has 0 unspecified atom stereocenters. The SMILES string of the molecule is Cc1cccc2[nH]c(=O)c(F)cc12. The molecular formula is C10H8FNO. The first-order chi connectivity index (χ1) is 6.18. The minimum Gasteiger partial charge on any atom is -0.319 e. The Balaban J connectivity index is 2.97. The summed E-state index contributed by atoms with van der Waals surface area (Å²) in [4.78, 5) is 13.4. The van der Waals surface area contributed by atoms with Crippen LogP contribution in [0, 0.1) is 12.7 Å². The van der Waals surface area contributed by atoms with E-state index in [9.17, 15) is 9.18 Å². The van der Waals surface area contributed by atoms with Crippen molar-refractivity contribution in [3.63, 3.8) is 0 Å². The van der Waals surface area contributed by atoms with Crippen molar-refractivity contribution in [2.45, 2.75) is 6.92 Å². The van der Waals surface area contributed by atoms with Crippen molar-refractivity contribution in [3.05, 3.63) is 46.0 Å². The van der Waals surface area contributed by atoms with E-state index in [4.69, 9.17) is 0 Å². The number of rotatable bonds is 0. The normalized spacial score (nSPS) is 10.6. The average molecular weight is 177 g/mol. The van der Waals surface area contributed by atoms with Gasteiger partial charge in [0.15, 0.2) is 5.82 Å². The van der Waals surface area contributed by atoms with E-state index in [0.29, 0.717) is 5.52 Å².